The number of hydrogen-bond donors (Lipinski definition) is 0. The van der Waals surface area contributed by atoms with E-state index in [1.165, 1.54) is 4.90 Å². The van der Waals surface area contributed by atoms with Crippen molar-refractivity contribution in [3.8, 4) is 0 Å². The third kappa shape index (κ3) is 1.92. The first-order valence-corrected chi connectivity index (χ1v) is 11.5. The number of rotatable bonds is 1. The number of imide groups is 1. The Hall–Kier alpha value is -2.24. The van der Waals surface area contributed by atoms with Crippen molar-refractivity contribution in [1.82, 2.24) is 0 Å². The fraction of sp³-hybridized carbons (Fsp3) is 0.200. The summed E-state index contributed by atoms with van der Waals surface area (Å²) in [6.07, 6.45) is 0. The van der Waals surface area contributed by atoms with Gasteiger partial charge in [-0.2, -0.15) is 0 Å². The molecule has 3 aromatic carbocycles. The Morgan fingerprint density at radius 1 is 0.667 bits per heavy atom. The molecule has 148 valence electrons. The molecule has 4 aliphatic rings. The van der Waals surface area contributed by atoms with Gasteiger partial charge < -0.3 is 0 Å². The predicted molar refractivity (Wildman–Crippen MR) is 123 cm³/mol. The summed E-state index contributed by atoms with van der Waals surface area (Å²) in [5, 5.41) is 0. The van der Waals surface area contributed by atoms with Gasteiger partial charge in [-0.25, -0.2) is 4.90 Å². The molecule has 0 spiro atoms. The average molecular weight is 523 g/mol. The van der Waals surface area contributed by atoms with Gasteiger partial charge in [0.05, 0.1) is 26.2 Å². The van der Waals surface area contributed by atoms with E-state index in [2.05, 4.69) is 56.1 Å². The predicted octanol–water partition coefficient (Wildman–Crippen LogP) is 5.40. The molecule has 1 heterocycles. The summed E-state index contributed by atoms with van der Waals surface area (Å²) in [6, 6.07) is 23.8. The smallest absolute Gasteiger partial charge is 0.239 e. The van der Waals surface area contributed by atoms with Gasteiger partial charge in [0.25, 0.3) is 0 Å². The quantitative estimate of drug-likeness (QED) is 0.317. The average Bonchev–Trinajstić information content (AvgIpc) is 3.04. The Kier molecular flexibility index (Phi) is 3.66. The number of aryl methyl sites for hydroxylation is 1. The molecule has 1 unspecified atom stereocenters. The molecule has 1 aliphatic heterocycles. The third-order valence-corrected chi connectivity index (χ3v) is 9.64. The van der Waals surface area contributed by atoms with Crippen molar-refractivity contribution in [1.29, 1.82) is 0 Å². The molecule has 2 bridgehead atoms. The van der Waals surface area contributed by atoms with Crippen molar-refractivity contribution in [2.45, 2.75) is 15.6 Å². The van der Waals surface area contributed by atoms with Crippen molar-refractivity contribution in [2.75, 3.05) is 4.90 Å². The van der Waals surface area contributed by atoms with Crippen LogP contribution in [0.5, 0.6) is 0 Å². The van der Waals surface area contributed by atoms with Gasteiger partial charge in [0.1, 0.15) is 0 Å². The first-order chi connectivity index (χ1) is 14.4. The van der Waals surface area contributed by atoms with E-state index in [0.717, 1.165) is 27.8 Å². The summed E-state index contributed by atoms with van der Waals surface area (Å²) in [5.41, 5.74) is 5.78. The second-order valence-electron chi connectivity index (χ2n) is 8.27. The number of anilines is 1. The number of amides is 2. The van der Waals surface area contributed by atoms with E-state index < -0.39 is 20.5 Å². The van der Waals surface area contributed by atoms with E-state index in [4.69, 9.17) is 0 Å². The van der Waals surface area contributed by atoms with Crippen LogP contribution in [0.25, 0.3) is 0 Å². The molecular formula is C25H17Br2NO2. The molecule has 3 aromatic rings. The van der Waals surface area contributed by atoms with E-state index in [9.17, 15) is 9.59 Å². The fourth-order valence-corrected chi connectivity index (χ4v) is 8.02. The monoisotopic (exact) mass is 521 g/mol. The SMILES string of the molecule is Cc1ccccc1N1C(=O)C2[C@@H](C1=O)C1(Br)c3ccccc3C2(Br)c2ccccc21. The van der Waals surface area contributed by atoms with E-state index >= 15 is 0 Å². The summed E-state index contributed by atoms with van der Waals surface area (Å²) in [7, 11) is 0. The number of hydrogen-bond acceptors (Lipinski definition) is 2. The van der Waals surface area contributed by atoms with Crippen LogP contribution in [0.15, 0.2) is 72.8 Å². The van der Waals surface area contributed by atoms with Crippen LogP contribution in [0.3, 0.4) is 0 Å². The van der Waals surface area contributed by atoms with Crippen LogP contribution in [0.4, 0.5) is 5.69 Å². The van der Waals surface area contributed by atoms with Crippen LogP contribution in [-0.2, 0) is 18.2 Å². The van der Waals surface area contributed by atoms with Crippen molar-refractivity contribution in [2.24, 2.45) is 11.8 Å². The molecule has 30 heavy (non-hydrogen) atoms. The summed E-state index contributed by atoms with van der Waals surface area (Å²) in [6.45, 7) is 1.93. The Morgan fingerprint density at radius 2 is 1.03 bits per heavy atom. The van der Waals surface area contributed by atoms with Crippen LogP contribution in [0, 0.1) is 18.8 Å². The molecule has 1 fully saturated rings. The lowest BCUT2D eigenvalue weighted by Gasteiger charge is -2.55. The summed E-state index contributed by atoms with van der Waals surface area (Å²) in [4.78, 5) is 29.2. The maximum Gasteiger partial charge on any atom is 0.239 e. The molecule has 0 radical (unpaired) electrons. The number of alkyl halides is 2. The maximum atomic E-state index is 13.9. The standard InChI is InChI=1S/C25H17Br2NO2/c1-14-8-2-7-13-19(14)28-22(29)20-21(23(28)30)25(27)16-10-4-3-9-15(16)24(20,26)17-11-5-6-12-18(17)25/h2-13,20-21H,1H3/t20-,21?,24?,25?/m0/s1. The normalized spacial score (nSPS) is 30.8. The van der Waals surface area contributed by atoms with Crippen LogP contribution < -0.4 is 4.90 Å². The van der Waals surface area contributed by atoms with Crippen LogP contribution >= 0.6 is 31.9 Å². The molecule has 5 heteroatoms. The van der Waals surface area contributed by atoms with E-state index in [-0.39, 0.29) is 11.8 Å². The number of halogens is 2. The highest BCUT2D eigenvalue weighted by atomic mass is 79.9. The van der Waals surface area contributed by atoms with Crippen molar-refractivity contribution in [3.63, 3.8) is 0 Å². The van der Waals surface area contributed by atoms with Crippen LogP contribution in [0.2, 0.25) is 0 Å². The molecule has 2 amide bonds. The topological polar surface area (TPSA) is 37.4 Å². The summed E-state index contributed by atoms with van der Waals surface area (Å²) >= 11 is 8.05. The maximum absolute atomic E-state index is 13.9. The molecule has 0 aromatic heterocycles. The minimum atomic E-state index is -0.745. The van der Waals surface area contributed by atoms with Gasteiger partial charge in [0.2, 0.25) is 11.8 Å². The minimum Gasteiger partial charge on any atom is -0.274 e. The number of carbonyl (C=O) groups is 2. The van der Waals surface area contributed by atoms with Gasteiger partial charge in [-0.1, -0.05) is 98.6 Å². The Morgan fingerprint density at radius 3 is 1.43 bits per heavy atom. The highest BCUT2D eigenvalue weighted by Gasteiger charge is 2.72. The highest BCUT2D eigenvalue weighted by Crippen LogP contribution is 2.70. The number of nitrogens with zero attached hydrogens (tertiary/aromatic N) is 1. The first kappa shape index (κ1) is 18.5. The van der Waals surface area contributed by atoms with Crippen molar-refractivity contribution >= 4 is 49.4 Å². The summed E-state index contributed by atoms with van der Waals surface area (Å²) in [5.74, 6) is -1.37. The van der Waals surface area contributed by atoms with Gasteiger partial charge in [-0.15, -0.1) is 0 Å². The van der Waals surface area contributed by atoms with Crippen LogP contribution in [-0.4, -0.2) is 11.8 Å². The molecule has 0 N–H and O–H groups in total. The Bertz CT molecular complexity index is 1150. The van der Waals surface area contributed by atoms with Gasteiger partial charge in [0.15, 0.2) is 0 Å². The molecule has 3 aliphatic carbocycles. The van der Waals surface area contributed by atoms with Gasteiger partial charge in [-0.3, -0.25) is 9.59 Å². The molecule has 7 rings (SSSR count). The van der Waals surface area contributed by atoms with Gasteiger partial charge >= 0.3 is 0 Å². The Labute approximate surface area is 191 Å². The lowest BCUT2D eigenvalue weighted by Crippen LogP contribution is -2.56. The van der Waals surface area contributed by atoms with Gasteiger partial charge in [0, 0.05) is 0 Å². The van der Waals surface area contributed by atoms with Crippen molar-refractivity contribution < 1.29 is 9.59 Å². The second kappa shape index (κ2) is 5.92. The zero-order valence-electron chi connectivity index (χ0n) is 16.1. The largest absolute Gasteiger partial charge is 0.274 e. The third-order valence-electron chi connectivity index (χ3n) is 6.94. The molecular weight excluding hydrogens is 506 g/mol. The molecule has 3 nitrogen and oxygen atoms in total. The second-order valence-corrected chi connectivity index (χ2v) is 10.8. The van der Waals surface area contributed by atoms with E-state index in [0.29, 0.717) is 5.69 Å². The Balaban J connectivity index is 1.68. The highest BCUT2D eigenvalue weighted by molar-refractivity contribution is 9.10. The first-order valence-electron chi connectivity index (χ1n) is 9.93. The minimum absolute atomic E-state index is 0.149. The molecule has 0 saturated carbocycles. The van der Waals surface area contributed by atoms with E-state index in [1.54, 1.807) is 0 Å². The lowest BCUT2D eigenvalue weighted by atomic mass is 9.54. The van der Waals surface area contributed by atoms with Gasteiger partial charge in [-0.05, 0) is 40.8 Å². The zero-order valence-corrected chi connectivity index (χ0v) is 19.3. The zero-order chi connectivity index (χ0) is 20.8. The summed E-state index contributed by atoms with van der Waals surface area (Å²) < 4.78 is -1.49. The van der Waals surface area contributed by atoms with E-state index in [1.807, 2.05) is 55.5 Å². The van der Waals surface area contributed by atoms with Crippen molar-refractivity contribution in [3.05, 3.63) is 101 Å². The molecule has 2 atom stereocenters. The number of benzene rings is 3. The fourth-order valence-electron chi connectivity index (χ4n) is 5.72. The number of para-hydroxylation sites is 1. The lowest BCUT2D eigenvalue weighted by molar-refractivity contribution is -0.122. The molecule has 1 saturated heterocycles. The van der Waals surface area contributed by atoms with Crippen LogP contribution in [0.1, 0.15) is 27.8 Å². The number of carbonyl (C=O) groups excluding carboxylic acids is 2.